The van der Waals surface area contributed by atoms with Crippen LogP contribution >= 0.6 is 11.3 Å². The van der Waals surface area contributed by atoms with E-state index >= 15 is 0 Å². The Kier molecular flexibility index (Phi) is 5.13. The first-order chi connectivity index (χ1) is 11.0. The Morgan fingerprint density at radius 2 is 1.96 bits per heavy atom. The number of ether oxygens (including phenoxy) is 2. The molecule has 0 radical (unpaired) electrons. The van der Waals surface area contributed by atoms with Crippen molar-refractivity contribution < 1.29 is 19.1 Å². The van der Waals surface area contributed by atoms with Crippen molar-refractivity contribution in [3.05, 3.63) is 51.1 Å². The number of hydrogen-bond acceptors (Lipinski definition) is 7. The Morgan fingerprint density at radius 3 is 2.61 bits per heavy atom. The number of benzene rings is 1. The van der Waals surface area contributed by atoms with Crippen molar-refractivity contribution in [3.8, 4) is 0 Å². The van der Waals surface area contributed by atoms with Crippen molar-refractivity contribution in [1.29, 1.82) is 0 Å². The van der Waals surface area contributed by atoms with Gasteiger partial charge in [0.05, 0.1) is 26.0 Å². The second kappa shape index (κ2) is 7.06. The molecule has 0 saturated carbocycles. The normalized spacial score (nSPS) is 11.2. The van der Waals surface area contributed by atoms with Crippen LogP contribution in [0.4, 0.5) is 5.69 Å². The molecule has 0 bridgehead atoms. The highest BCUT2D eigenvalue weighted by Crippen LogP contribution is 2.23. The summed E-state index contributed by atoms with van der Waals surface area (Å²) in [5.41, 5.74) is 0.751. The van der Waals surface area contributed by atoms with Crippen LogP contribution in [0.5, 0.6) is 0 Å². The fraction of sp³-hybridized carbons (Fsp3) is 0.188. The lowest BCUT2D eigenvalue weighted by molar-refractivity contribution is -0.138. The number of carbonyl (C=O) groups is 2. The zero-order chi connectivity index (χ0) is 17.0. The number of fused-ring (bicyclic) bond motifs is 1. The van der Waals surface area contributed by atoms with Gasteiger partial charge in [0, 0.05) is 15.5 Å². The number of carbonyl (C=O) groups excluding carboxylic acids is 2. The van der Waals surface area contributed by atoms with Crippen LogP contribution in [0.3, 0.4) is 0 Å². The Hall–Kier alpha value is -2.67. The molecule has 0 aliphatic carbocycles. The van der Waals surface area contributed by atoms with Gasteiger partial charge < -0.3 is 14.8 Å². The van der Waals surface area contributed by atoms with Gasteiger partial charge in [0.1, 0.15) is 5.70 Å². The molecule has 23 heavy (non-hydrogen) atoms. The molecule has 2 aromatic rings. The van der Waals surface area contributed by atoms with Gasteiger partial charge in [0.15, 0.2) is 0 Å². The van der Waals surface area contributed by atoms with Crippen LogP contribution < -0.4 is 10.7 Å². The van der Waals surface area contributed by atoms with E-state index in [-0.39, 0.29) is 16.8 Å². The molecule has 2 rings (SSSR count). The predicted molar refractivity (Wildman–Crippen MR) is 88.6 cm³/mol. The summed E-state index contributed by atoms with van der Waals surface area (Å²) >= 11 is 1.37. The summed E-state index contributed by atoms with van der Waals surface area (Å²) in [5, 5.41) is 4.81. The van der Waals surface area contributed by atoms with Gasteiger partial charge >= 0.3 is 11.9 Å². The average Bonchev–Trinajstić information content (AvgIpc) is 2.56. The minimum Gasteiger partial charge on any atom is -0.466 e. The third-order valence-electron chi connectivity index (χ3n) is 3.13. The SMILES string of the molecule is COC(=O)/C=C(/Nc1csc2c(C)cccc2c1=O)C(=O)OC. The summed E-state index contributed by atoms with van der Waals surface area (Å²) in [6.07, 6.45) is 0.941. The van der Waals surface area contributed by atoms with E-state index in [1.165, 1.54) is 25.6 Å². The Bertz CT molecular complexity index is 853. The van der Waals surface area contributed by atoms with E-state index < -0.39 is 11.9 Å². The first-order valence-corrected chi connectivity index (χ1v) is 7.52. The third kappa shape index (κ3) is 3.57. The van der Waals surface area contributed by atoms with E-state index in [2.05, 4.69) is 14.8 Å². The highest BCUT2D eigenvalue weighted by molar-refractivity contribution is 7.17. The topological polar surface area (TPSA) is 81.7 Å². The van der Waals surface area contributed by atoms with E-state index in [4.69, 9.17) is 0 Å². The molecule has 1 heterocycles. The molecule has 0 aliphatic heterocycles. The zero-order valence-corrected chi connectivity index (χ0v) is 13.7. The molecule has 1 aromatic heterocycles. The molecular formula is C16H15NO5S. The third-order valence-corrected chi connectivity index (χ3v) is 4.26. The summed E-state index contributed by atoms with van der Waals surface area (Å²) in [7, 11) is 2.37. The van der Waals surface area contributed by atoms with Crippen molar-refractivity contribution in [2.75, 3.05) is 19.5 Å². The lowest BCUT2D eigenvalue weighted by Gasteiger charge is -2.09. The van der Waals surface area contributed by atoms with Crippen molar-refractivity contribution in [3.63, 3.8) is 0 Å². The van der Waals surface area contributed by atoms with Crippen LogP contribution in [-0.4, -0.2) is 26.2 Å². The standard InChI is InChI=1S/C16H15NO5S/c1-9-5-4-6-10-14(19)12(8-23-15(9)10)17-11(16(20)22-3)7-13(18)21-2/h4-8,17H,1-3H3/b11-7+. The smallest absolute Gasteiger partial charge is 0.354 e. The molecule has 7 heteroatoms. The first kappa shape index (κ1) is 16.7. The van der Waals surface area contributed by atoms with Crippen molar-refractivity contribution in [2.45, 2.75) is 6.92 Å². The van der Waals surface area contributed by atoms with E-state index in [1.807, 2.05) is 13.0 Å². The predicted octanol–water partition coefficient (Wildman–Crippen LogP) is 2.21. The fourth-order valence-corrected chi connectivity index (χ4v) is 2.91. The average molecular weight is 333 g/mol. The molecule has 0 saturated heterocycles. The fourth-order valence-electron chi connectivity index (χ4n) is 1.97. The summed E-state index contributed by atoms with van der Waals surface area (Å²) in [6.45, 7) is 1.92. The minimum absolute atomic E-state index is 0.171. The van der Waals surface area contributed by atoms with Gasteiger partial charge in [-0.25, -0.2) is 9.59 Å². The van der Waals surface area contributed by atoms with Crippen LogP contribution in [0, 0.1) is 6.92 Å². The van der Waals surface area contributed by atoms with Crippen LogP contribution in [0.1, 0.15) is 5.56 Å². The highest BCUT2D eigenvalue weighted by Gasteiger charge is 2.15. The molecule has 0 amide bonds. The Balaban J connectivity index is 2.49. The van der Waals surface area contributed by atoms with Crippen molar-refractivity contribution in [1.82, 2.24) is 0 Å². The number of anilines is 1. The van der Waals surface area contributed by atoms with Gasteiger partial charge in [-0.15, -0.1) is 11.3 Å². The molecule has 1 N–H and O–H groups in total. The molecule has 0 fully saturated rings. The van der Waals surface area contributed by atoms with Gasteiger partial charge in [-0.3, -0.25) is 4.79 Å². The second-order valence-corrected chi connectivity index (χ2v) is 5.51. The summed E-state index contributed by atoms with van der Waals surface area (Å²) < 4.78 is 9.97. The van der Waals surface area contributed by atoms with Gasteiger partial charge in [0.2, 0.25) is 5.43 Å². The molecule has 6 nitrogen and oxygen atoms in total. The molecule has 0 aliphatic rings. The highest BCUT2D eigenvalue weighted by atomic mass is 32.1. The monoisotopic (exact) mass is 333 g/mol. The zero-order valence-electron chi connectivity index (χ0n) is 12.8. The maximum Gasteiger partial charge on any atom is 0.354 e. The quantitative estimate of drug-likeness (QED) is 0.682. The lowest BCUT2D eigenvalue weighted by atomic mass is 10.1. The van der Waals surface area contributed by atoms with Gasteiger partial charge in [-0.2, -0.15) is 0 Å². The molecular weight excluding hydrogens is 318 g/mol. The number of hydrogen-bond donors (Lipinski definition) is 1. The Labute approximate surface area is 136 Å². The van der Waals surface area contributed by atoms with Gasteiger partial charge in [-0.1, -0.05) is 12.1 Å². The van der Waals surface area contributed by atoms with E-state index in [0.29, 0.717) is 5.39 Å². The summed E-state index contributed by atoms with van der Waals surface area (Å²) in [5.74, 6) is -1.50. The van der Waals surface area contributed by atoms with Crippen LogP contribution in [0.2, 0.25) is 0 Å². The maximum atomic E-state index is 12.5. The number of methoxy groups -OCH3 is 2. The first-order valence-electron chi connectivity index (χ1n) is 6.64. The molecule has 1 aromatic carbocycles. The maximum absolute atomic E-state index is 12.5. The molecule has 0 unspecified atom stereocenters. The summed E-state index contributed by atoms with van der Waals surface area (Å²) in [6, 6.07) is 5.43. The van der Waals surface area contributed by atoms with Gasteiger partial charge in [0.25, 0.3) is 0 Å². The van der Waals surface area contributed by atoms with Crippen LogP contribution in [0.25, 0.3) is 10.1 Å². The van der Waals surface area contributed by atoms with E-state index in [1.54, 1.807) is 17.5 Å². The lowest BCUT2D eigenvalue weighted by Crippen LogP contribution is -2.19. The minimum atomic E-state index is -0.774. The number of esters is 2. The molecule has 0 atom stereocenters. The largest absolute Gasteiger partial charge is 0.466 e. The number of nitrogens with one attached hydrogen (secondary N) is 1. The second-order valence-electron chi connectivity index (χ2n) is 4.63. The number of rotatable bonds is 4. The van der Waals surface area contributed by atoms with E-state index in [9.17, 15) is 14.4 Å². The van der Waals surface area contributed by atoms with Crippen molar-refractivity contribution in [2.24, 2.45) is 0 Å². The number of aryl methyl sites for hydroxylation is 1. The summed E-state index contributed by atoms with van der Waals surface area (Å²) in [4.78, 5) is 35.6. The van der Waals surface area contributed by atoms with E-state index in [0.717, 1.165) is 16.3 Å². The van der Waals surface area contributed by atoms with Crippen LogP contribution in [0.15, 0.2) is 40.1 Å². The van der Waals surface area contributed by atoms with Crippen molar-refractivity contribution >= 4 is 39.0 Å². The molecule has 120 valence electrons. The van der Waals surface area contributed by atoms with Crippen LogP contribution in [-0.2, 0) is 19.1 Å². The molecule has 0 spiro atoms. The Morgan fingerprint density at radius 1 is 1.22 bits per heavy atom. The van der Waals surface area contributed by atoms with Gasteiger partial charge in [-0.05, 0) is 18.6 Å².